The molecule has 2 aliphatic heterocycles. The maximum Gasteiger partial charge on any atom is 0.266 e. The van der Waals surface area contributed by atoms with Crippen LogP contribution in [0.25, 0.3) is 0 Å². The van der Waals surface area contributed by atoms with Gasteiger partial charge in [0.25, 0.3) is 17.7 Å². The summed E-state index contributed by atoms with van der Waals surface area (Å²) < 4.78 is 1.95. The molecule has 1 aromatic heterocycles. The minimum absolute atomic E-state index is 0.0897. The summed E-state index contributed by atoms with van der Waals surface area (Å²) in [5, 5.41) is 4.52. The molecule has 0 aliphatic carbocycles. The van der Waals surface area contributed by atoms with E-state index in [9.17, 15) is 14.4 Å². The number of rotatable bonds is 5. The first-order valence-electron chi connectivity index (χ1n) is 11.6. The average Bonchev–Trinajstić information content (AvgIpc) is 3.35. The standard InChI is InChI=1S/C26H27N5O3/c1-3-30-17-20(18(2)27-30)16-28-11-13-29(14-12-28)24(32)19-7-6-8-21(15-19)31-25(33)22-9-4-5-10-23(22)26(31)34/h4-10,15,17H,3,11-14,16H2,1-2H3. The summed E-state index contributed by atoms with van der Waals surface area (Å²) in [5.41, 5.74) is 3.93. The Kier molecular flexibility index (Phi) is 5.75. The van der Waals surface area contributed by atoms with Crippen LogP contribution in [0.2, 0.25) is 0 Å². The number of amides is 3. The second-order valence-corrected chi connectivity index (χ2v) is 8.71. The number of piperazine rings is 1. The minimum Gasteiger partial charge on any atom is -0.336 e. The monoisotopic (exact) mass is 457 g/mol. The Balaban J connectivity index is 1.26. The van der Waals surface area contributed by atoms with Crippen molar-refractivity contribution in [2.75, 3.05) is 31.1 Å². The van der Waals surface area contributed by atoms with Gasteiger partial charge in [-0.25, -0.2) is 4.90 Å². The summed E-state index contributed by atoms with van der Waals surface area (Å²) >= 11 is 0. The van der Waals surface area contributed by atoms with E-state index < -0.39 is 0 Å². The highest BCUT2D eigenvalue weighted by atomic mass is 16.2. The van der Waals surface area contributed by atoms with Gasteiger partial charge < -0.3 is 4.90 Å². The lowest BCUT2D eigenvalue weighted by atomic mass is 10.1. The van der Waals surface area contributed by atoms with Gasteiger partial charge in [-0.3, -0.25) is 24.0 Å². The average molecular weight is 458 g/mol. The van der Waals surface area contributed by atoms with E-state index in [-0.39, 0.29) is 17.7 Å². The first-order valence-corrected chi connectivity index (χ1v) is 11.6. The number of fused-ring (bicyclic) bond motifs is 1. The molecule has 8 nitrogen and oxygen atoms in total. The van der Waals surface area contributed by atoms with Crippen LogP contribution in [0, 0.1) is 6.92 Å². The zero-order valence-electron chi connectivity index (χ0n) is 19.4. The number of imide groups is 1. The fourth-order valence-electron chi connectivity index (χ4n) is 4.61. The molecular formula is C26H27N5O3. The van der Waals surface area contributed by atoms with Gasteiger partial charge >= 0.3 is 0 Å². The van der Waals surface area contributed by atoms with Crippen LogP contribution in [0.4, 0.5) is 5.69 Å². The Hall–Kier alpha value is -3.78. The number of carbonyl (C=O) groups excluding carboxylic acids is 3. The third-order valence-electron chi connectivity index (χ3n) is 6.57. The number of nitrogens with zero attached hydrogens (tertiary/aromatic N) is 5. The zero-order chi connectivity index (χ0) is 23.8. The van der Waals surface area contributed by atoms with Gasteiger partial charge in [0.2, 0.25) is 0 Å². The van der Waals surface area contributed by atoms with Gasteiger partial charge in [-0.1, -0.05) is 18.2 Å². The molecule has 2 aliphatic rings. The first kappa shape index (κ1) is 22.0. The SMILES string of the molecule is CCn1cc(CN2CCN(C(=O)c3cccc(N4C(=O)c5ccccc5C4=O)c3)CC2)c(C)n1. The molecule has 3 amide bonds. The Morgan fingerprint density at radius 1 is 0.941 bits per heavy atom. The largest absolute Gasteiger partial charge is 0.336 e. The summed E-state index contributed by atoms with van der Waals surface area (Å²) in [5.74, 6) is -0.811. The smallest absolute Gasteiger partial charge is 0.266 e. The van der Waals surface area contributed by atoms with Gasteiger partial charge in [-0.05, 0) is 44.2 Å². The van der Waals surface area contributed by atoms with Crippen LogP contribution in [0.5, 0.6) is 0 Å². The molecule has 8 heteroatoms. The number of benzene rings is 2. The molecule has 0 N–H and O–H groups in total. The number of aryl methyl sites for hydroxylation is 2. The number of hydrogen-bond acceptors (Lipinski definition) is 5. The fourth-order valence-corrected chi connectivity index (χ4v) is 4.61. The molecule has 0 radical (unpaired) electrons. The Morgan fingerprint density at radius 2 is 1.62 bits per heavy atom. The molecule has 5 rings (SSSR count). The summed E-state index contributed by atoms with van der Waals surface area (Å²) in [6, 6.07) is 13.6. The van der Waals surface area contributed by atoms with Gasteiger partial charge in [0.05, 0.1) is 22.5 Å². The minimum atomic E-state index is -0.361. The molecule has 174 valence electrons. The summed E-state index contributed by atoms with van der Waals surface area (Å²) in [4.78, 5) is 44.2. The van der Waals surface area contributed by atoms with Crippen molar-refractivity contribution < 1.29 is 14.4 Å². The summed E-state index contributed by atoms with van der Waals surface area (Å²) in [6.07, 6.45) is 2.09. The van der Waals surface area contributed by atoms with Crippen LogP contribution in [0.15, 0.2) is 54.7 Å². The molecule has 3 aromatic rings. The van der Waals surface area contributed by atoms with E-state index in [2.05, 4.69) is 23.1 Å². The van der Waals surface area contributed by atoms with Crippen LogP contribution in [0.3, 0.4) is 0 Å². The van der Waals surface area contributed by atoms with Gasteiger partial charge in [-0.15, -0.1) is 0 Å². The van der Waals surface area contributed by atoms with Crippen molar-refractivity contribution in [2.45, 2.75) is 26.9 Å². The molecule has 1 fully saturated rings. The van der Waals surface area contributed by atoms with Crippen LogP contribution >= 0.6 is 0 Å². The topological polar surface area (TPSA) is 78.8 Å². The van der Waals surface area contributed by atoms with Gasteiger partial charge in [0, 0.05) is 56.6 Å². The van der Waals surface area contributed by atoms with Crippen LogP contribution in [-0.4, -0.2) is 63.5 Å². The van der Waals surface area contributed by atoms with Crippen molar-refractivity contribution in [2.24, 2.45) is 0 Å². The van der Waals surface area contributed by atoms with Crippen molar-refractivity contribution >= 4 is 23.4 Å². The predicted molar refractivity (Wildman–Crippen MR) is 128 cm³/mol. The van der Waals surface area contributed by atoms with Crippen molar-refractivity contribution in [1.82, 2.24) is 19.6 Å². The normalized spacial score (nSPS) is 16.3. The maximum atomic E-state index is 13.2. The van der Waals surface area contributed by atoms with E-state index in [0.717, 1.165) is 36.8 Å². The molecule has 3 heterocycles. The molecule has 34 heavy (non-hydrogen) atoms. The molecule has 0 saturated carbocycles. The summed E-state index contributed by atoms with van der Waals surface area (Å²) in [7, 11) is 0. The molecule has 2 aromatic carbocycles. The number of aromatic nitrogens is 2. The van der Waals surface area contributed by atoms with E-state index in [0.29, 0.717) is 35.5 Å². The zero-order valence-corrected chi connectivity index (χ0v) is 19.4. The second kappa shape index (κ2) is 8.87. The van der Waals surface area contributed by atoms with Crippen molar-refractivity contribution in [3.8, 4) is 0 Å². The quantitative estimate of drug-likeness (QED) is 0.551. The lowest BCUT2D eigenvalue weighted by molar-refractivity contribution is 0.0627. The number of anilines is 1. The van der Waals surface area contributed by atoms with Gasteiger partial charge in [-0.2, -0.15) is 5.10 Å². The lowest BCUT2D eigenvalue weighted by Gasteiger charge is -2.34. The predicted octanol–water partition coefficient (Wildman–Crippen LogP) is 2.97. The highest BCUT2D eigenvalue weighted by Crippen LogP contribution is 2.29. The first-order chi connectivity index (χ1) is 16.5. The van der Waals surface area contributed by atoms with E-state index in [1.54, 1.807) is 48.5 Å². The van der Waals surface area contributed by atoms with E-state index in [1.807, 2.05) is 16.5 Å². The molecule has 0 atom stereocenters. The van der Waals surface area contributed by atoms with E-state index in [4.69, 9.17) is 0 Å². The van der Waals surface area contributed by atoms with Gasteiger partial charge in [0.15, 0.2) is 0 Å². The summed E-state index contributed by atoms with van der Waals surface area (Å²) in [6.45, 7) is 8.58. The highest BCUT2D eigenvalue weighted by Gasteiger charge is 2.36. The van der Waals surface area contributed by atoms with Crippen molar-refractivity contribution in [3.05, 3.63) is 82.7 Å². The second-order valence-electron chi connectivity index (χ2n) is 8.71. The lowest BCUT2D eigenvalue weighted by Crippen LogP contribution is -2.48. The number of carbonyl (C=O) groups is 3. The highest BCUT2D eigenvalue weighted by molar-refractivity contribution is 6.34. The van der Waals surface area contributed by atoms with Crippen molar-refractivity contribution in [3.63, 3.8) is 0 Å². The van der Waals surface area contributed by atoms with Gasteiger partial charge in [0.1, 0.15) is 0 Å². The van der Waals surface area contributed by atoms with E-state index in [1.165, 1.54) is 5.56 Å². The van der Waals surface area contributed by atoms with Crippen LogP contribution in [-0.2, 0) is 13.1 Å². The van der Waals surface area contributed by atoms with Crippen LogP contribution < -0.4 is 4.90 Å². The fraction of sp³-hybridized carbons (Fsp3) is 0.308. The molecule has 0 bridgehead atoms. The Labute approximate surface area is 198 Å². The maximum absolute atomic E-state index is 13.2. The number of hydrogen-bond donors (Lipinski definition) is 0. The van der Waals surface area contributed by atoms with Crippen LogP contribution in [0.1, 0.15) is 49.3 Å². The van der Waals surface area contributed by atoms with Crippen molar-refractivity contribution in [1.29, 1.82) is 0 Å². The Morgan fingerprint density at radius 3 is 2.24 bits per heavy atom. The molecular weight excluding hydrogens is 430 g/mol. The third-order valence-corrected chi connectivity index (χ3v) is 6.57. The Bertz CT molecular complexity index is 1240. The molecule has 0 unspecified atom stereocenters. The third kappa shape index (κ3) is 3.90. The van der Waals surface area contributed by atoms with E-state index >= 15 is 0 Å². The molecule has 1 saturated heterocycles. The molecule has 0 spiro atoms.